The Morgan fingerprint density at radius 3 is 2.36 bits per heavy atom. The molecule has 0 aromatic carbocycles. The van der Waals surface area contributed by atoms with Gasteiger partial charge in [-0.25, -0.2) is 0 Å². The summed E-state index contributed by atoms with van der Waals surface area (Å²) in [5.41, 5.74) is 0. The van der Waals surface area contributed by atoms with Crippen LogP contribution in [-0.2, 0) is 9.53 Å². The predicted octanol–water partition coefficient (Wildman–Crippen LogP) is 5.72. The first-order chi connectivity index (χ1) is 14.0. The van der Waals surface area contributed by atoms with E-state index in [0.29, 0.717) is 6.42 Å². The van der Waals surface area contributed by atoms with E-state index < -0.39 is 24.4 Å². The standard InChI is InChI=1S/C21H35ClO3/c1-2-3-4-5-6-7-8-9-10-11-12-13-14-15-16-17-21(24)25-19-20(23)18-22/h3-4,6-7,9-10,20,23H,2,5,8,11-19H2,1H3/b4-3+,7-6+,10-9+/i18D2,19D2,20D. The van der Waals surface area contributed by atoms with Gasteiger partial charge in [0.05, 0.1) is 9.94 Å². The van der Waals surface area contributed by atoms with Crippen LogP contribution in [0, 0.1) is 0 Å². The van der Waals surface area contributed by atoms with E-state index >= 15 is 0 Å². The average molecular weight is 376 g/mol. The SMILES string of the molecule is [2H]C([2H])(Cl)C([2H])(O)C([2H])([2H])OC(=O)CCCCCCC/C=C/C/C=C/C/C=C/CC. The quantitative estimate of drug-likeness (QED) is 0.162. The van der Waals surface area contributed by atoms with E-state index in [9.17, 15) is 9.90 Å². The second-order valence-corrected chi connectivity index (χ2v) is 5.81. The molecule has 25 heavy (non-hydrogen) atoms. The lowest BCUT2D eigenvalue weighted by Crippen LogP contribution is -2.19. The van der Waals surface area contributed by atoms with Crippen molar-refractivity contribution in [3.8, 4) is 0 Å². The molecule has 0 bridgehead atoms. The molecule has 0 aliphatic carbocycles. The van der Waals surface area contributed by atoms with E-state index in [4.69, 9.17) is 18.5 Å². The number of carbonyl (C=O) groups is 1. The summed E-state index contributed by atoms with van der Waals surface area (Å²) in [5.74, 6) is -4.05. The van der Waals surface area contributed by atoms with Crippen molar-refractivity contribution in [1.29, 1.82) is 0 Å². The van der Waals surface area contributed by atoms with Gasteiger partial charge in [0, 0.05) is 9.16 Å². The van der Waals surface area contributed by atoms with E-state index in [-0.39, 0.29) is 6.42 Å². The van der Waals surface area contributed by atoms with Crippen LogP contribution in [0.3, 0.4) is 0 Å². The van der Waals surface area contributed by atoms with Gasteiger partial charge in [-0.3, -0.25) is 4.79 Å². The van der Waals surface area contributed by atoms with Crippen molar-refractivity contribution in [3.05, 3.63) is 36.5 Å². The monoisotopic (exact) mass is 375 g/mol. The molecule has 0 aliphatic rings. The largest absolute Gasteiger partial charge is 0.463 e. The first-order valence-electron chi connectivity index (χ1n) is 11.5. The van der Waals surface area contributed by atoms with Gasteiger partial charge >= 0.3 is 5.97 Å². The number of hydrogen-bond donors (Lipinski definition) is 1. The highest BCUT2D eigenvalue weighted by Crippen LogP contribution is 2.08. The number of carbonyl (C=O) groups excluding carboxylic acids is 1. The molecule has 4 heteroatoms. The maximum atomic E-state index is 11.7. The number of allylic oxidation sites excluding steroid dienone is 6. The minimum absolute atomic E-state index is 0.0689. The molecular formula is C21H35ClO3. The Hall–Kier alpha value is -1.06. The normalized spacial score (nSPS) is 18.6. The molecule has 1 atom stereocenters. The molecule has 0 fully saturated rings. The van der Waals surface area contributed by atoms with Crippen LogP contribution >= 0.6 is 11.6 Å². The van der Waals surface area contributed by atoms with Gasteiger partial charge in [0.15, 0.2) is 0 Å². The lowest BCUT2D eigenvalue weighted by atomic mass is 10.1. The van der Waals surface area contributed by atoms with Crippen LogP contribution in [0.4, 0.5) is 0 Å². The molecule has 0 saturated heterocycles. The van der Waals surface area contributed by atoms with Crippen molar-refractivity contribution < 1.29 is 21.5 Å². The summed E-state index contributed by atoms with van der Waals surface area (Å²) in [6.45, 7) is -1.14. The average Bonchev–Trinajstić information content (AvgIpc) is 2.63. The molecule has 1 unspecified atom stereocenters. The molecule has 0 heterocycles. The Morgan fingerprint density at radius 2 is 1.68 bits per heavy atom. The smallest absolute Gasteiger partial charge is 0.305 e. The molecule has 144 valence electrons. The third-order valence-corrected chi connectivity index (χ3v) is 3.56. The topological polar surface area (TPSA) is 46.5 Å². The summed E-state index contributed by atoms with van der Waals surface area (Å²) >= 11 is 5.19. The van der Waals surface area contributed by atoms with E-state index in [1.165, 1.54) is 0 Å². The van der Waals surface area contributed by atoms with Gasteiger partial charge in [0.25, 0.3) is 0 Å². The number of unbranched alkanes of at least 4 members (excludes halogenated alkanes) is 5. The highest BCUT2D eigenvalue weighted by Gasteiger charge is 2.07. The number of ether oxygens (including phenoxy) is 1. The molecular weight excluding hydrogens is 336 g/mol. The molecule has 0 saturated carbocycles. The van der Waals surface area contributed by atoms with Crippen molar-refractivity contribution in [1.82, 2.24) is 0 Å². The number of alkyl halides is 1. The lowest BCUT2D eigenvalue weighted by molar-refractivity contribution is -0.146. The predicted molar refractivity (Wildman–Crippen MR) is 107 cm³/mol. The minimum atomic E-state index is -3.42. The third kappa shape index (κ3) is 19.1. The zero-order chi connectivity index (χ0) is 23.1. The van der Waals surface area contributed by atoms with Gasteiger partial charge in [-0.1, -0.05) is 62.6 Å². The van der Waals surface area contributed by atoms with E-state index in [2.05, 4.69) is 48.1 Å². The third-order valence-electron chi connectivity index (χ3n) is 3.38. The molecule has 0 radical (unpaired) electrons. The molecule has 0 amide bonds. The Bertz CT molecular complexity index is 569. The fourth-order valence-corrected chi connectivity index (χ4v) is 2.10. The second kappa shape index (κ2) is 19.3. The highest BCUT2D eigenvalue weighted by molar-refractivity contribution is 6.18. The fourth-order valence-electron chi connectivity index (χ4n) is 2.06. The van der Waals surface area contributed by atoms with Crippen LogP contribution in [0.15, 0.2) is 36.5 Å². The molecule has 0 aromatic heterocycles. The first-order valence-corrected chi connectivity index (χ1v) is 9.41. The number of esters is 1. The van der Waals surface area contributed by atoms with E-state index in [1.54, 1.807) is 0 Å². The Labute approximate surface area is 165 Å². The van der Waals surface area contributed by atoms with Gasteiger partial charge in [0.2, 0.25) is 0 Å². The molecule has 0 spiro atoms. The van der Waals surface area contributed by atoms with Crippen molar-refractivity contribution in [2.24, 2.45) is 0 Å². The van der Waals surface area contributed by atoms with Crippen molar-refractivity contribution in [3.63, 3.8) is 0 Å². The van der Waals surface area contributed by atoms with Crippen LogP contribution in [0.2, 0.25) is 0 Å². The zero-order valence-electron chi connectivity index (χ0n) is 20.2. The van der Waals surface area contributed by atoms with Crippen molar-refractivity contribution >= 4 is 17.6 Å². The van der Waals surface area contributed by atoms with Gasteiger partial charge in [0.1, 0.15) is 12.6 Å². The van der Waals surface area contributed by atoms with Gasteiger partial charge in [-0.15, -0.1) is 11.6 Å². The Morgan fingerprint density at radius 1 is 1.08 bits per heavy atom. The van der Waals surface area contributed by atoms with Gasteiger partial charge < -0.3 is 9.84 Å². The number of hydrogen-bond acceptors (Lipinski definition) is 3. The van der Waals surface area contributed by atoms with Gasteiger partial charge in [-0.2, -0.15) is 0 Å². The van der Waals surface area contributed by atoms with Crippen LogP contribution < -0.4 is 0 Å². The Kier molecular flexibility index (Phi) is 12.4. The van der Waals surface area contributed by atoms with Crippen LogP contribution in [0.25, 0.3) is 0 Å². The summed E-state index contributed by atoms with van der Waals surface area (Å²) in [7, 11) is 0. The zero-order valence-corrected chi connectivity index (χ0v) is 15.9. The summed E-state index contributed by atoms with van der Waals surface area (Å²) in [6.07, 6.45) is 17.7. The fraction of sp³-hybridized carbons (Fsp3) is 0.667. The maximum Gasteiger partial charge on any atom is 0.305 e. The summed E-state index contributed by atoms with van der Waals surface area (Å²) < 4.78 is 41.0. The summed E-state index contributed by atoms with van der Waals surface area (Å²) in [6, 6.07) is 0. The van der Waals surface area contributed by atoms with E-state index in [1.807, 2.05) is 0 Å². The van der Waals surface area contributed by atoms with Crippen LogP contribution in [-0.4, -0.2) is 29.5 Å². The molecule has 1 N–H and O–H groups in total. The van der Waals surface area contributed by atoms with Gasteiger partial charge in [-0.05, 0) is 38.5 Å². The first kappa shape index (κ1) is 16.1. The van der Waals surface area contributed by atoms with Crippen molar-refractivity contribution in [2.75, 3.05) is 12.4 Å². The summed E-state index contributed by atoms with van der Waals surface area (Å²) in [4.78, 5) is 11.7. The van der Waals surface area contributed by atoms with E-state index in [0.717, 1.165) is 51.4 Å². The maximum absolute atomic E-state index is 11.7. The number of rotatable bonds is 16. The molecule has 0 aliphatic heterocycles. The number of halogens is 1. The lowest BCUT2D eigenvalue weighted by Gasteiger charge is -2.07. The highest BCUT2D eigenvalue weighted by atomic mass is 35.5. The molecule has 0 rings (SSSR count). The van der Waals surface area contributed by atoms with Crippen LogP contribution in [0.1, 0.15) is 78.0 Å². The van der Waals surface area contributed by atoms with Crippen molar-refractivity contribution in [2.45, 2.75) is 77.2 Å². The van der Waals surface area contributed by atoms with Crippen LogP contribution in [0.5, 0.6) is 0 Å². The Balaban J connectivity index is 3.83. The second-order valence-electron chi connectivity index (χ2n) is 5.62. The molecule has 3 nitrogen and oxygen atoms in total. The molecule has 0 aromatic rings. The number of aliphatic hydroxyl groups is 1. The minimum Gasteiger partial charge on any atom is -0.463 e. The summed E-state index contributed by atoms with van der Waals surface area (Å²) in [5, 5.41) is 9.63.